The maximum absolute atomic E-state index is 13.1. The number of nitrogens with zero attached hydrogens (tertiary/aromatic N) is 1. The van der Waals surface area contributed by atoms with Gasteiger partial charge in [0.25, 0.3) is 0 Å². The lowest BCUT2D eigenvalue weighted by molar-refractivity contribution is 0.244. The summed E-state index contributed by atoms with van der Waals surface area (Å²) in [6, 6.07) is 8.69. The van der Waals surface area contributed by atoms with Crippen molar-refractivity contribution in [2.45, 2.75) is 95.8 Å². The van der Waals surface area contributed by atoms with E-state index in [0.717, 1.165) is 24.2 Å². The molecule has 0 bridgehead atoms. The minimum atomic E-state index is -0.632. The van der Waals surface area contributed by atoms with Gasteiger partial charge in [0.1, 0.15) is 11.9 Å². The first kappa shape index (κ1) is 23.0. The van der Waals surface area contributed by atoms with E-state index in [1.165, 1.54) is 88.7 Å². The first-order valence-corrected chi connectivity index (χ1v) is 12.1. The van der Waals surface area contributed by atoms with Gasteiger partial charge in [-0.25, -0.2) is 4.39 Å². The van der Waals surface area contributed by atoms with Crippen LogP contribution in [0.2, 0.25) is 0 Å². The van der Waals surface area contributed by atoms with Gasteiger partial charge in [-0.05, 0) is 86.0 Å². The molecule has 0 aromatic heterocycles. The van der Waals surface area contributed by atoms with E-state index in [9.17, 15) is 8.78 Å². The van der Waals surface area contributed by atoms with Crippen LogP contribution in [-0.2, 0) is 0 Å². The Morgan fingerprint density at radius 3 is 1.87 bits per heavy atom. The number of unbranched alkanes of at least 4 members (excludes halogenated alkanes) is 1. The minimum absolute atomic E-state index is 0.135. The smallest absolute Gasteiger partial charge is 0.196 e. The lowest BCUT2D eigenvalue weighted by Crippen LogP contribution is -2.15. The Kier molecular flexibility index (Phi) is 9.37. The number of hydrogen-bond acceptors (Lipinski definition) is 1. The summed E-state index contributed by atoms with van der Waals surface area (Å²) in [5.41, 5.74) is 1.32. The van der Waals surface area contributed by atoms with E-state index in [2.05, 4.69) is 0 Å². The predicted molar refractivity (Wildman–Crippen MR) is 119 cm³/mol. The van der Waals surface area contributed by atoms with Gasteiger partial charge in [0.15, 0.2) is 5.83 Å². The SMILES string of the molecule is N#C/C(F)=C/CC[C@H]1CC[C@H](CCCC[C@H]2CC[C@H](c3ccc(F)cc3)CC2)CC1. The molecule has 0 atom stereocenters. The molecule has 1 aromatic rings. The number of halogens is 2. The van der Waals surface area contributed by atoms with Gasteiger partial charge in [-0.3, -0.25) is 0 Å². The molecule has 0 heterocycles. The molecule has 2 aliphatic carbocycles. The molecule has 2 saturated carbocycles. The van der Waals surface area contributed by atoms with E-state index < -0.39 is 5.83 Å². The van der Waals surface area contributed by atoms with E-state index in [-0.39, 0.29) is 5.82 Å². The van der Waals surface area contributed by atoms with Crippen molar-refractivity contribution in [1.29, 1.82) is 5.26 Å². The van der Waals surface area contributed by atoms with E-state index in [4.69, 9.17) is 5.26 Å². The van der Waals surface area contributed by atoms with Gasteiger partial charge in [-0.15, -0.1) is 0 Å². The van der Waals surface area contributed by atoms with E-state index >= 15 is 0 Å². The summed E-state index contributed by atoms with van der Waals surface area (Å²) in [5, 5.41) is 8.45. The topological polar surface area (TPSA) is 23.8 Å². The minimum Gasteiger partial charge on any atom is -0.207 e. The Morgan fingerprint density at radius 2 is 1.33 bits per heavy atom. The van der Waals surface area contributed by atoms with Crippen molar-refractivity contribution < 1.29 is 8.78 Å². The van der Waals surface area contributed by atoms with Crippen molar-refractivity contribution >= 4 is 0 Å². The zero-order valence-corrected chi connectivity index (χ0v) is 18.3. The van der Waals surface area contributed by atoms with Crippen LogP contribution in [-0.4, -0.2) is 0 Å². The van der Waals surface area contributed by atoms with Crippen molar-refractivity contribution in [3.63, 3.8) is 0 Å². The van der Waals surface area contributed by atoms with Crippen LogP contribution in [0, 0.1) is 34.9 Å². The fourth-order valence-electron chi connectivity index (χ4n) is 5.69. The van der Waals surface area contributed by atoms with Crippen molar-refractivity contribution in [3.05, 3.63) is 47.5 Å². The van der Waals surface area contributed by atoms with E-state index in [1.807, 2.05) is 12.1 Å². The maximum Gasteiger partial charge on any atom is 0.196 e. The maximum atomic E-state index is 13.1. The molecule has 1 aromatic carbocycles. The molecule has 0 radical (unpaired) electrons. The van der Waals surface area contributed by atoms with Gasteiger partial charge in [-0.1, -0.05) is 63.5 Å². The van der Waals surface area contributed by atoms with Gasteiger partial charge >= 0.3 is 0 Å². The summed E-state index contributed by atoms with van der Waals surface area (Å²) in [7, 11) is 0. The third kappa shape index (κ3) is 7.53. The van der Waals surface area contributed by atoms with Crippen LogP contribution in [0.4, 0.5) is 8.78 Å². The summed E-state index contributed by atoms with van der Waals surface area (Å²) >= 11 is 0. The molecule has 0 amide bonds. The molecule has 0 spiro atoms. The van der Waals surface area contributed by atoms with Gasteiger partial charge in [0.05, 0.1) is 0 Å². The second-order valence-electron chi connectivity index (χ2n) is 9.68. The standard InChI is InChI=1S/C27H37F2N/c28-26-18-16-25(17-19-26)24-14-12-22(13-15-24)5-2-1-4-21-8-10-23(11-9-21)6-3-7-27(29)20-30/h7,16-19,21-24H,1-6,8-15H2/b27-7-/t21-,22-,23-,24-. The molecule has 2 fully saturated rings. The monoisotopic (exact) mass is 413 g/mol. The molecule has 164 valence electrons. The highest BCUT2D eigenvalue weighted by Crippen LogP contribution is 2.38. The summed E-state index contributed by atoms with van der Waals surface area (Å²) in [4.78, 5) is 0. The molecule has 3 heteroatoms. The summed E-state index contributed by atoms with van der Waals surface area (Å²) in [6.07, 6.45) is 19.1. The highest BCUT2D eigenvalue weighted by molar-refractivity contribution is 5.20. The summed E-state index contributed by atoms with van der Waals surface area (Å²) in [5.74, 6) is 2.36. The fourth-order valence-corrected chi connectivity index (χ4v) is 5.69. The molecule has 0 unspecified atom stereocenters. The fraction of sp³-hybridized carbons (Fsp3) is 0.667. The van der Waals surface area contributed by atoms with Gasteiger partial charge in [0.2, 0.25) is 0 Å². The largest absolute Gasteiger partial charge is 0.207 e. The van der Waals surface area contributed by atoms with Crippen molar-refractivity contribution in [3.8, 4) is 6.07 Å². The van der Waals surface area contributed by atoms with Crippen LogP contribution in [0.15, 0.2) is 36.2 Å². The van der Waals surface area contributed by atoms with Crippen molar-refractivity contribution in [2.75, 3.05) is 0 Å². The van der Waals surface area contributed by atoms with E-state index in [0.29, 0.717) is 12.3 Å². The zero-order chi connectivity index (χ0) is 21.2. The lowest BCUT2D eigenvalue weighted by atomic mass is 9.76. The number of hydrogen-bond donors (Lipinski definition) is 0. The number of allylic oxidation sites excluding steroid dienone is 2. The molecule has 0 aliphatic heterocycles. The van der Waals surface area contributed by atoms with Crippen molar-refractivity contribution in [2.24, 2.45) is 17.8 Å². The number of nitriles is 1. The number of rotatable bonds is 9. The number of benzene rings is 1. The Hall–Kier alpha value is -1.69. The van der Waals surface area contributed by atoms with Crippen LogP contribution in [0.25, 0.3) is 0 Å². The Labute approximate surface area is 181 Å². The Balaban J connectivity index is 1.23. The summed E-state index contributed by atoms with van der Waals surface area (Å²) in [6.45, 7) is 0. The first-order valence-electron chi connectivity index (χ1n) is 12.1. The molecule has 0 saturated heterocycles. The average Bonchev–Trinajstić information content (AvgIpc) is 2.78. The van der Waals surface area contributed by atoms with Gasteiger partial charge < -0.3 is 0 Å². The van der Waals surface area contributed by atoms with Crippen LogP contribution < -0.4 is 0 Å². The highest BCUT2D eigenvalue weighted by atomic mass is 19.1. The molecule has 0 N–H and O–H groups in total. The second-order valence-corrected chi connectivity index (χ2v) is 9.68. The molecular formula is C27H37F2N. The third-order valence-electron chi connectivity index (χ3n) is 7.63. The van der Waals surface area contributed by atoms with Gasteiger partial charge in [0, 0.05) is 0 Å². The highest BCUT2D eigenvalue weighted by Gasteiger charge is 2.23. The first-order chi connectivity index (χ1) is 14.6. The van der Waals surface area contributed by atoms with Crippen molar-refractivity contribution in [1.82, 2.24) is 0 Å². The normalized spacial score (nSPS) is 27.6. The summed E-state index contributed by atoms with van der Waals surface area (Å²) < 4.78 is 26.0. The quantitative estimate of drug-likeness (QED) is 0.293. The van der Waals surface area contributed by atoms with Crippen LogP contribution in [0.5, 0.6) is 0 Å². The second kappa shape index (κ2) is 12.2. The zero-order valence-electron chi connectivity index (χ0n) is 18.3. The molecule has 2 aliphatic rings. The molecule has 30 heavy (non-hydrogen) atoms. The Bertz CT molecular complexity index is 687. The molecular weight excluding hydrogens is 376 g/mol. The van der Waals surface area contributed by atoms with Crippen LogP contribution in [0.3, 0.4) is 0 Å². The van der Waals surface area contributed by atoms with E-state index in [1.54, 1.807) is 18.2 Å². The average molecular weight is 414 g/mol. The van der Waals surface area contributed by atoms with Crippen LogP contribution in [0.1, 0.15) is 101 Å². The molecule has 3 rings (SSSR count). The lowest BCUT2D eigenvalue weighted by Gasteiger charge is -2.30. The van der Waals surface area contributed by atoms with Gasteiger partial charge in [-0.2, -0.15) is 9.65 Å². The predicted octanol–water partition coefficient (Wildman–Crippen LogP) is 8.62. The molecule has 1 nitrogen and oxygen atoms in total. The van der Waals surface area contributed by atoms with Crippen LogP contribution >= 0.6 is 0 Å². The third-order valence-corrected chi connectivity index (χ3v) is 7.63. The Morgan fingerprint density at radius 1 is 0.833 bits per heavy atom.